The number of hydrogen-bond donors (Lipinski definition) is 0. The molecule has 2 aliphatic heterocycles. The Balaban J connectivity index is 1.41. The first-order valence-electron chi connectivity index (χ1n) is 8.51. The van der Waals surface area contributed by atoms with E-state index in [1.165, 1.54) is 42.3 Å². The second-order valence-corrected chi connectivity index (χ2v) is 7.84. The van der Waals surface area contributed by atoms with Gasteiger partial charge in [0.15, 0.2) is 0 Å². The van der Waals surface area contributed by atoms with Crippen LogP contribution in [-0.2, 0) is 13.1 Å². The van der Waals surface area contributed by atoms with E-state index in [1.54, 1.807) is 11.3 Å². The van der Waals surface area contributed by atoms with Gasteiger partial charge in [0.2, 0.25) is 0 Å². The van der Waals surface area contributed by atoms with E-state index in [9.17, 15) is 0 Å². The fraction of sp³-hybridized carbons (Fsp3) is 0.556. The monoisotopic (exact) mass is 328 g/mol. The number of thiazole rings is 1. The van der Waals surface area contributed by atoms with Gasteiger partial charge >= 0.3 is 0 Å². The summed E-state index contributed by atoms with van der Waals surface area (Å²) >= 11 is 1.76. The molecule has 0 bridgehead atoms. The number of fused-ring (bicyclic) bond motifs is 1. The van der Waals surface area contributed by atoms with Crippen molar-refractivity contribution >= 4 is 11.3 Å². The molecule has 4 heterocycles. The molecular weight excluding hydrogens is 304 g/mol. The van der Waals surface area contributed by atoms with Gasteiger partial charge in [0.05, 0.1) is 16.4 Å². The van der Waals surface area contributed by atoms with E-state index in [2.05, 4.69) is 57.2 Å². The Labute approximate surface area is 142 Å². The molecule has 122 valence electrons. The number of hydrogen-bond acceptors (Lipinski definition) is 5. The fourth-order valence-corrected chi connectivity index (χ4v) is 4.75. The highest BCUT2D eigenvalue weighted by Gasteiger charge is 2.42. The lowest BCUT2D eigenvalue weighted by atomic mass is 10.1. The van der Waals surface area contributed by atoms with Crippen LogP contribution in [0.2, 0.25) is 0 Å². The first-order valence-corrected chi connectivity index (χ1v) is 9.38. The molecule has 0 amide bonds. The van der Waals surface area contributed by atoms with Gasteiger partial charge in [-0.05, 0) is 38.8 Å². The largest absolute Gasteiger partial charge is 0.293 e. The van der Waals surface area contributed by atoms with Gasteiger partial charge in [0.25, 0.3) is 0 Å². The average molecular weight is 328 g/mol. The van der Waals surface area contributed by atoms with Crippen molar-refractivity contribution in [3.8, 4) is 0 Å². The zero-order valence-corrected chi connectivity index (χ0v) is 14.7. The molecule has 2 fully saturated rings. The molecular formula is C18H24N4S. The van der Waals surface area contributed by atoms with Crippen LogP contribution < -0.4 is 0 Å². The molecule has 2 aromatic heterocycles. The van der Waals surface area contributed by atoms with Gasteiger partial charge in [0, 0.05) is 49.3 Å². The maximum absolute atomic E-state index is 4.68. The zero-order valence-electron chi connectivity index (χ0n) is 13.9. The third kappa shape index (κ3) is 3.18. The fourth-order valence-electron chi connectivity index (χ4n) is 4.14. The SMILES string of the molecule is Cc1cccc(CN2CC[C@@H]3[C@@H]2CCN3Cc2csc(C)n2)n1. The van der Waals surface area contributed by atoms with E-state index >= 15 is 0 Å². The smallest absolute Gasteiger partial charge is 0.0897 e. The first-order chi connectivity index (χ1) is 11.2. The minimum atomic E-state index is 0.692. The maximum atomic E-state index is 4.68. The predicted octanol–water partition coefficient (Wildman–Crippen LogP) is 3.00. The lowest BCUT2D eigenvalue weighted by Gasteiger charge is -2.25. The van der Waals surface area contributed by atoms with Gasteiger partial charge < -0.3 is 0 Å². The summed E-state index contributed by atoms with van der Waals surface area (Å²) in [5, 5.41) is 3.39. The Bertz CT molecular complexity index is 683. The van der Waals surface area contributed by atoms with E-state index in [-0.39, 0.29) is 0 Å². The number of likely N-dealkylation sites (tertiary alicyclic amines) is 2. The molecule has 0 radical (unpaired) electrons. The van der Waals surface area contributed by atoms with Crippen molar-refractivity contribution in [2.45, 2.75) is 51.9 Å². The molecule has 0 spiro atoms. The molecule has 0 aliphatic carbocycles. The van der Waals surface area contributed by atoms with Crippen LogP contribution in [0.5, 0.6) is 0 Å². The Hall–Kier alpha value is -1.30. The lowest BCUT2D eigenvalue weighted by Crippen LogP contribution is -2.36. The van der Waals surface area contributed by atoms with Crippen LogP contribution >= 0.6 is 11.3 Å². The van der Waals surface area contributed by atoms with Crippen molar-refractivity contribution < 1.29 is 0 Å². The summed E-state index contributed by atoms with van der Waals surface area (Å²) in [6.07, 6.45) is 2.55. The number of aromatic nitrogens is 2. The second kappa shape index (κ2) is 6.30. The number of nitrogens with zero attached hydrogens (tertiary/aromatic N) is 4. The summed E-state index contributed by atoms with van der Waals surface area (Å²) in [6.45, 7) is 8.56. The summed E-state index contributed by atoms with van der Waals surface area (Å²) in [4.78, 5) is 14.6. The normalized spacial score (nSPS) is 25.1. The number of rotatable bonds is 4. The van der Waals surface area contributed by atoms with Crippen LogP contribution in [0, 0.1) is 13.8 Å². The third-order valence-electron chi connectivity index (χ3n) is 5.15. The number of aryl methyl sites for hydroxylation is 2. The van der Waals surface area contributed by atoms with Crippen LogP contribution in [0.3, 0.4) is 0 Å². The Morgan fingerprint density at radius 1 is 1.00 bits per heavy atom. The Morgan fingerprint density at radius 2 is 1.70 bits per heavy atom. The minimum absolute atomic E-state index is 0.692. The molecule has 0 aromatic carbocycles. The molecule has 5 heteroatoms. The summed E-state index contributed by atoms with van der Waals surface area (Å²) < 4.78 is 0. The van der Waals surface area contributed by atoms with Crippen LogP contribution in [0.15, 0.2) is 23.6 Å². The highest BCUT2D eigenvalue weighted by molar-refractivity contribution is 7.09. The standard InChI is InChI=1S/C18H24N4S/c1-13-4-3-5-15(19-13)10-21-8-6-18-17(21)7-9-22(18)11-16-12-23-14(2)20-16/h3-5,12,17-18H,6-11H2,1-2H3/t17-,18+/m0/s1. The van der Waals surface area contributed by atoms with Gasteiger partial charge in [-0.3, -0.25) is 14.8 Å². The summed E-state index contributed by atoms with van der Waals surface area (Å²) in [5.41, 5.74) is 3.57. The molecule has 0 saturated carbocycles. The van der Waals surface area contributed by atoms with Crippen LogP contribution in [0.4, 0.5) is 0 Å². The Morgan fingerprint density at radius 3 is 2.30 bits per heavy atom. The van der Waals surface area contributed by atoms with E-state index in [4.69, 9.17) is 0 Å². The van der Waals surface area contributed by atoms with Crippen molar-refractivity contribution in [3.63, 3.8) is 0 Å². The van der Waals surface area contributed by atoms with Gasteiger partial charge in [-0.2, -0.15) is 0 Å². The zero-order chi connectivity index (χ0) is 15.8. The third-order valence-corrected chi connectivity index (χ3v) is 5.97. The van der Waals surface area contributed by atoms with Crippen LogP contribution in [0.1, 0.15) is 34.9 Å². The molecule has 2 aliphatic rings. The summed E-state index contributed by atoms with van der Waals surface area (Å²) in [6, 6.07) is 7.74. The molecule has 2 saturated heterocycles. The molecule has 23 heavy (non-hydrogen) atoms. The molecule has 2 aromatic rings. The second-order valence-electron chi connectivity index (χ2n) is 6.78. The molecule has 2 atom stereocenters. The highest BCUT2D eigenvalue weighted by atomic mass is 32.1. The van der Waals surface area contributed by atoms with Crippen molar-refractivity contribution in [1.29, 1.82) is 0 Å². The molecule has 4 rings (SSSR count). The Kier molecular flexibility index (Phi) is 4.18. The topological polar surface area (TPSA) is 32.3 Å². The van der Waals surface area contributed by atoms with Crippen LogP contribution in [0.25, 0.3) is 0 Å². The van der Waals surface area contributed by atoms with Crippen LogP contribution in [-0.4, -0.2) is 44.9 Å². The number of pyridine rings is 1. The van der Waals surface area contributed by atoms with Crippen molar-refractivity contribution in [1.82, 2.24) is 19.8 Å². The minimum Gasteiger partial charge on any atom is -0.293 e. The average Bonchev–Trinajstić information content (AvgIpc) is 3.20. The first kappa shape index (κ1) is 15.2. The quantitative estimate of drug-likeness (QED) is 0.864. The predicted molar refractivity (Wildman–Crippen MR) is 93.5 cm³/mol. The van der Waals surface area contributed by atoms with E-state index in [0.29, 0.717) is 12.1 Å². The van der Waals surface area contributed by atoms with Gasteiger partial charge in [-0.1, -0.05) is 6.07 Å². The summed E-state index contributed by atoms with van der Waals surface area (Å²) in [7, 11) is 0. The van der Waals surface area contributed by atoms with E-state index < -0.39 is 0 Å². The molecule has 0 unspecified atom stereocenters. The molecule has 0 N–H and O–H groups in total. The van der Waals surface area contributed by atoms with Gasteiger partial charge in [-0.15, -0.1) is 11.3 Å². The van der Waals surface area contributed by atoms with E-state index in [1.807, 2.05) is 0 Å². The van der Waals surface area contributed by atoms with E-state index in [0.717, 1.165) is 18.8 Å². The lowest BCUT2D eigenvalue weighted by molar-refractivity contribution is 0.210. The van der Waals surface area contributed by atoms with Crippen molar-refractivity contribution in [3.05, 3.63) is 45.7 Å². The van der Waals surface area contributed by atoms with Crippen molar-refractivity contribution in [2.75, 3.05) is 13.1 Å². The van der Waals surface area contributed by atoms with Gasteiger partial charge in [0.1, 0.15) is 0 Å². The van der Waals surface area contributed by atoms with Crippen molar-refractivity contribution in [2.24, 2.45) is 0 Å². The summed E-state index contributed by atoms with van der Waals surface area (Å²) in [5.74, 6) is 0. The van der Waals surface area contributed by atoms with Gasteiger partial charge in [-0.25, -0.2) is 4.98 Å². The molecule has 4 nitrogen and oxygen atoms in total. The highest BCUT2D eigenvalue weighted by Crippen LogP contribution is 2.33. The maximum Gasteiger partial charge on any atom is 0.0897 e.